The van der Waals surface area contributed by atoms with Gasteiger partial charge in [0.15, 0.2) is 0 Å². The van der Waals surface area contributed by atoms with Crippen LogP contribution < -0.4 is 10.6 Å². The molecule has 0 bridgehead atoms. The van der Waals surface area contributed by atoms with E-state index in [4.69, 9.17) is 20.1 Å². The molecule has 0 saturated carbocycles. The van der Waals surface area contributed by atoms with Crippen LogP contribution in [0, 0.1) is 0 Å². The second-order valence-electron chi connectivity index (χ2n) is 3.74. The Morgan fingerprint density at radius 2 is 2.24 bits per heavy atom. The molecule has 8 nitrogen and oxygen atoms in total. The molecule has 3 N–H and O–H groups in total. The van der Waals surface area contributed by atoms with Crippen LogP contribution in [-0.4, -0.2) is 53.6 Å². The van der Waals surface area contributed by atoms with Gasteiger partial charge in [-0.05, 0) is 5.16 Å². The van der Waals surface area contributed by atoms with Crippen LogP contribution in [0.2, 0.25) is 0 Å². The van der Waals surface area contributed by atoms with Crippen LogP contribution in [0.3, 0.4) is 0 Å². The summed E-state index contributed by atoms with van der Waals surface area (Å²) >= 11 is 0. The first kappa shape index (κ1) is 11.8. The number of anilines is 1. The molecule has 1 fully saturated rings. The van der Waals surface area contributed by atoms with Crippen LogP contribution in [-0.2, 0) is 16.0 Å². The Hall–Kier alpha value is -1.67. The van der Waals surface area contributed by atoms with Gasteiger partial charge in [-0.2, -0.15) is 4.98 Å². The molecule has 1 aromatic heterocycles. The highest BCUT2D eigenvalue weighted by Crippen LogP contribution is 2.11. The number of aromatic nitrogens is 2. The number of hydrogen-bond donors (Lipinski definition) is 2. The lowest BCUT2D eigenvalue weighted by atomic mass is 10.2. The van der Waals surface area contributed by atoms with E-state index in [9.17, 15) is 4.79 Å². The number of nitrogens with two attached hydrogens (primary N) is 1. The molecule has 0 aromatic carbocycles. The highest BCUT2D eigenvalue weighted by molar-refractivity contribution is 5.73. The quantitative estimate of drug-likeness (QED) is 0.680. The summed E-state index contributed by atoms with van der Waals surface area (Å²) < 4.78 is 10.2. The number of hydrogen-bond acceptors (Lipinski definition) is 7. The first-order valence-corrected chi connectivity index (χ1v) is 5.30. The van der Waals surface area contributed by atoms with E-state index in [1.165, 1.54) is 0 Å². The molecule has 0 amide bonds. The monoisotopic (exact) mass is 242 g/mol. The third-order valence-electron chi connectivity index (χ3n) is 2.46. The lowest BCUT2D eigenvalue weighted by Crippen LogP contribution is -2.37. The van der Waals surface area contributed by atoms with Crippen molar-refractivity contribution in [2.24, 2.45) is 5.73 Å². The molecule has 1 aromatic rings. The summed E-state index contributed by atoms with van der Waals surface area (Å²) in [6.45, 7) is 2.64. The van der Waals surface area contributed by atoms with Gasteiger partial charge in [0.25, 0.3) is 5.95 Å². The zero-order chi connectivity index (χ0) is 12.3. The van der Waals surface area contributed by atoms with Crippen molar-refractivity contribution in [3.05, 3.63) is 5.89 Å². The molecule has 1 atom stereocenters. The minimum atomic E-state index is -1.09. The maximum absolute atomic E-state index is 10.6. The summed E-state index contributed by atoms with van der Waals surface area (Å²) in [6, 6.07) is -1.02. The van der Waals surface area contributed by atoms with Crippen molar-refractivity contribution < 1.29 is 19.2 Å². The van der Waals surface area contributed by atoms with Crippen LogP contribution in [0.25, 0.3) is 0 Å². The average molecular weight is 242 g/mol. The fraction of sp³-hybridized carbons (Fsp3) is 0.667. The number of aliphatic carboxylic acids is 1. The zero-order valence-electron chi connectivity index (χ0n) is 9.20. The molecule has 94 valence electrons. The second-order valence-corrected chi connectivity index (χ2v) is 3.74. The van der Waals surface area contributed by atoms with E-state index in [-0.39, 0.29) is 12.3 Å². The molecule has 17 heavy (non-hydrogen) atoms. The minimum Gasteiger partial charge on any atom is -0.480 e. The molecular formula is C9H14N4O4. The molecule has 2 heterocycles. The van der Waals surface area contributed by atoms with Crippen LogP contribution in [0.1, 0.15) is 5.89 Å². The molecular weight excluding hydrogens is 228 g/mol. The average Bonchev–Trinajstić information content (AvgIpc) is 2.78. The second kappa shape index (κ2) is 5.11. The maximum Gasteiger partial charge on any atom is 0.321 e. The molecule has 1 saturated heterocycles. The standard InChI is InChI=1S/C9H14N4O4/c10-6(8(14)15)5-7-11-9(12-17-7)13-1-3-16-4-2-13/h6H,1-5,10H2,(H,14,15)/t6-/m1/s1. The zero-order valence-corrected chi connectivity index (χ0v) is 9.20. The lowest BCUT2D eigenvalue weighted by molar-refractivity contribution is -0.138. The summed E-state index contributed by atoms with van der Waals surface area (Å²) in [4.78, 5) is 16.6. The van der Waals surface area contributed by atoms with E-state index < -0.39 is 12.0 Å². The number of rotatable bonds is 4. The van der Waals surface area contributed by atoms with Gasteiger partial charge in [-0.3, -0.25) is 4.79 Å². The third-order valence-corrected chi connectivity index (χ3v) is 2.46. The highest BCUT2D eigenvalue weighted by Gasteiger charge is 2.20. The molecule has 1 aliphatic rings. The SMILES string of the molecule is N[C@H](Cc1nc(N2CCOCC2)no1)C(=O)O. The Kier molecular flexibility index (Phi) is 3.55. The van der Waals surface area contributed by atoms with E-state index in [0.717, 1.165) is 0 Å². The van der Waals surface area contributed by atoms with Gasteiger partial charge in [0.05, 0.1) is 19.6 Å². The van der Waals surface area contributed by atoms with Crippen LogP contribution in [0.5, 0.6) is 0 Å². The van der Waals surface area contributed by atoms with Crippen molar-refractivity contribution in [2.75, 3.05) is 31.2 Å². The lowest BCUT2D eigenvalue weighted by Gasteiger charge is -2.24. The minimum absolute atomic E-state index is 0.0344. The third kappa shape index (κ3) is 2.92. The predicted molar refractivity (Wildman–Crippen MR) is 56.6 cm³/mol. The van der Waals surface area contributed by atoms with E-state index in [0.29, 0.717) is 32.3 Å². The van der Waals surface area contributed by atoms with Gasteiger partial charge in [-0.25, -0.2) is 0 Å². The van der Waals surface area contributed by atoms with E-state index in [1.54, 1.807) is 0 Å². The number of nitrogens with zero attached hydrogens (tertiary/aromatic N) is 3. The van der Waals surface area contributed by atoms with Gasteiger partial charge in [-0.1, -0.05) is 0 Å². The van der Waals surface area contributed by atoms with Gasteiger partial charge in [0.1, 0.15) is 6.04 Å². The first-order chi connectivity index (χ1) is 8.16. The van der Waals surface area contributed by atoms with Crippen molar-refractivity contribution >= 4 is 11.9 Å². The summed E-state index contributed by atoms with van der Waals surface area (Å²) in [5.74, 6) is -0.390. The van der Waals surface area contributed by atoms with Crippen molar-refractivity contribution in [2.45, 2.75) is 12.5 Å². The molecule has 2 rings (SSSR count). The summed E-state index contributed by atoms with van der Waals surface area (Å²) in [5.41, 5.74) is 5.38. The fourth-order valence-electron chi connectivity index (χ4n) is 1.50. The number of carboxylic acids is 1. The molecule has 0 radical (unpaired) electrons. The van der Waals surface area contributed by atoms with Gasteiger partial charge >= 0.3 is 5.97 Å². The summed E-state index contributed by atoms with van der Waals surface area (Å²) in [7, 11) is 0. The highest BCUT2D eigenvalue weighted by atomic mass is 16.5. The van der Waals surface area contributed by atoms with Gasteiger partial charge < -0.3 is 25.0 Å². The molecule has 0 unspecified atom stereocenters. The predicted octanol–water partition coefficient (Wildman–Crippen LogP) is -1.14. The first-order valence-electron chi connectivity index (χ1n) is 5.30. The molecule has 0 aliphatic carbocycles. The van der Waals surface area contributed by atoms with Crippen molar-refractivity contribution in [3.63, 3.8) is 0 Å². The van der Waals surface area contributed by atoms with Crippen LogP contribution in [0.4, 0.5) is 5.95 Å². The largest absolute Gasteiger partial charge is 0.480 e. The van der Waals surface area contributed by atoms with Gasteiger partial charge in [-0.15, -0.1) is 0 Å². The summed E-state index contributed by atoms with van der Waals surface area (Å²) in [6.07, 6.45) is 0.0344. The number of ether oxygens (including phenoxy) is 1. The van der Waals surface area contributed by atoms with Gasteiger partial charge in [0, 0.05) is 13.1 Å². The Morgan fingerprint density at radius 1 is 1.53 bits per heavy atom. The Labute approximate surface area is 97.3 Å². The number of morpholine rings is 1. The molecule has 1 aliphatic heterocycles. The smallest absolute Gasteiger partial charge is 0.321 e. The molecule has 0 spiro atoms. The van der Waals surface area contributed by atoms with Crippen molar-refractivity contribution in [1.29, 1.82) is 0 Å². The Morgan fingerprint density at radius 3 is 2.88 bits per heavy atom. The number of carboxylic acid groups (broad SMARTS) is 1. The van der Waals surface area contributed by atoms with E-state index in [1.807, 2.05) is 4.90 Å². The fourth-order valence-corrected chi connectivity index (χ4v) is 1.50. The Bertz CT molecular complexity index is 388. The number of carbonyl (C=O) groups is 1. The van der Waals surface area contributed by atoms with E-state index >= 15 is 0 Å². The van der Waals surface area contributed by atoms with Crippen molar-refractivity contribution in [3.8, 4) is 0 Å². The topological polar surface area (TPSA) is 115 Å². The van der Waals surface area contributed by atoms with Crippen molar-refractivity contribution in [1.82, 2.24) is 10.1 Å². The van der Waals surface area contributed by atoms with Gasteiger partial charge in [0.2, 0.25) is 5.89 Å². The summed E-state index contributed by atoms with van der Waals surface area (Å²) in [5, 5.41) is 12.4. The Balaban J connectivity index is 1.97. The van der Waals surface area contributed by atoms with Crippen LogP contribution >= 0.6 is 0 Å². The van der Waals surface area contributed by atoms with E-state index in [2.05, 4.69) is 10.1 Å². The molecule has 8 heteroatoms. The normalized spacial score (nSPS) is 18.1. The maximum atomic E-state index is 10.6. The van der Waals surface area contributed by atoms with Crippen LogP contribution in [0.15, 0.2) is 4.52 Å².